The Morgan fingerprint density at radius 1 is 1.05 bits per heavy atom. The minimum atomic E-state index is -0.185. The Morgan fingerprint density at radius 2 is 1.79 bits per heavy atom. The van der Waals surface area contributed by atoms with Gasteiger partial charge in [0.05, 0.1) is 12.3 Å². The van der Waals surface area contributed by atoms with Gasteiger partial charge in [0, 0.05) is 29.6 Å². The number of Topliss-reactive ketones (excluding diaryl/α,β-unsaturated/α-hetero) is 1. The number of aromatic nitrogens is 1. The molecule has 1 N–H and O–H groups in total. The number of nitrogens with zero attached hydrogens (tertiary/aromatic N) is 1. The first-order chi connectivity index (χ1) is 9.20. The molecule has 0 fully saturated rings. The number of ketones is 2. The van der Waals surface area contributed by atoms with Crippen LogP contribution in [0, 0.1) is 0 Å². The van der Waals surface area contributed by atoms with E-state index in [4.69, 9.17) is 5.11 Å². The number of aliphatic hydroxyl groups is 1. The first-order valence-electron chi connectivity index (χ1n) is 5.88. The third kappa shape index (κ3) is 1.82. The van der Waals surface area contributed by atoms with Crippen LogP contribution in [-0.2, 0) is 6.61 Å². The van der Waals surface area contributed by atoms with Gasteiger partial charge in [-0.3, -0.25) is 9.59 Å². The van der Waals surface area contributed by atoms with Gasteiger partial charge in [0.15, 0.2) is 5.78 Å². The number of benzene rings is 1. The summed E-state index contributed by atoms with van der Waals surface area (Å²) >= 11 is 0. The predicted octanol–water partition coefficient (Wildman–Crippen LogP) is 1.90. The van der Waals surface area contributed by atoms with Crippen molar-refractivity contribution < 1.29 is 14.7 Å². The number of aliphatic hydroxyl groups excluding tert-OH is 1. The van der Waals surface area contributed by atoms with E-state index in [2.05, 4.69) is 0 Å². The normalized spacial score (nSPS) is 14.3. The van der Waals surface area contributed by atoms with Gasteiger partial charge in [0.2, 0.25) is 5.78 Å². The van der Waals surface area contributed by atoms with E-state index in [0.717, 1.165) is 0 Å². The van der Waals surface area contributed by atoms with Gasteiger partial charge in [-0.15, -0.1) is 0 Å². The van der Waals surface area contributed by atoms with Crippen LogP contribution in [0.5, 0.6) is 0 Å². The molecule has 1 aliphatic rings. The second-order valence-electron chi connectivity index (χ2n) is 4.35. The maximum Gasteiger partial charge on any atom is 0.210 e. The van der Waals surface area contributed by atoms with Crippen molar-refractivity contribution in [2.45, 2.75) is 6.61 Å². The Balaban J connectivity index is 2.10. The molecule has 0 unspecified atom stereocenters. The van der Waals surface area contributed by atoms with E-state index >= 15 is 0 Å². The van der Waals surface area contributed by atoms with E-state index in [-0.39, 0.29) is 18.2 Å². The summed E-state index contributed by atoms with van der Waals surface area (Å²) in [6.07, 6.45) is 4.65. The summed E-state index contributed by atoms with van der Waals surface area (Å²) in [5, 5.41) is 9.04. The van der Waals surface area contributed by atoms with Crippen molar-refractivity contribution in [2.24, 2.45) is 0 Å². The van der Waals surface area contributed by atoms with Gasteiger partial charge < -0.3 is 9.67 Å². The van der Waals surface area contributed by atoms with Crippen molar-refractivity contribution in [3.05, 3.63) is 65.5 Å². The van der Waals surface area contributed by atoms with Crippen molar-refractivity contribution in [3.8, 4) is 0 Å². The molecular formula is C15H11NO3. The van der Waals surface area contributed by atoms with Crippen molar-refractivity contribution in [1.82, 2.24) is 4.57 Å². The second-order valence-corrected chi connectivity index (χ2v) is 4.35. The summed E-state index contributed by atoms with van der Waals surface area (Å²) in [5.74, 6) is -0.361. The third-order valence-corrected chi connectivity index (χ3v) is 3.15. The number of hydrogen-bond donors (Lipinski definition) is 1. The number of rotatable bonds is 2. The van der Waals surface area contributed by atoms with Gasteiger partial charge in [-0.05, 0) is 11.6 Å². The lowest BCUT2D eigenvalue weighted by atomic mass is 9.93. The molecule has 0 saturated carbocycles. The molecule has 0 radical (unpaired) electrons. The molecule has 19 heavy (non-hydrogen) atoms. The molecule has 4 nitrogen and oxygen atoms in total. The molecule has 2 aromatic rings. The summed E-state index contributed by atoms with van der Waals surface area (Å²) in [6, 6.07) is 8.49. The largest absolute Gasteiger partial charge is 0.392 e. The quantitative estimate of drug-likeness (QED) is 0.889. The van der Waals surface area contributed by atoms with Crippen LogP contribution in [0.15, 0.2) is 48.8 Å². The molecule has 4 heteroatoms. The molecule has 1 heterocycles. The Morgan fingerprint density at radius 3 is 2.47 bits per heavy atom. The third-order valence-electron chi connectivity index (χ3n) is 3.15. The molecular weight excluding hydrogens is 242 g/mol. The maximum absolute atomic E-state index is 12.4. The average Bonchev–Trinajstić information content (AvgIpc) is 2.91. The summed E-state index contributed by atoms with van der Waals surface area (Å²) < 4.78 is 1.57. The Labute approximate surface area is 109 Å². The highest BCUT2D eigenvalue weighted by atomic mass is 16.3. The molecule has 1 aliphatic carbocycles. The number of hydrogen-bond acceptors (Lipinski definition) is 3. The van der Waals surface area contributed by atoms with Crippen molar-refractivity contribution >= 4 is 17.3 Å². The van der Waals surface area contributed by atoms with Crippen LogP contribution in [0.1, 0.15) is 26.3 Å². The Bertz CT molecular complexity index is 710. The molecule has 94 valence electrons. The van der Waals surface area contributed by atoms with Crippen molar-refractivity contribution in [2.75, 3.05) is 0 Å². The van der Waals surface area contributed by atoms with Crippen LogP contribution in [0.2, 0.25) is 0 Å². The molecule has 1 aromatic heterocycles. The molecule has 0 atom stereocenters. The minimum absolute atomic E-state index is 0.0982. The number of allylic oxidation sites excluding steroid dienone is 2. The van der Waals surface area contributed by atoms with Crippen LogP contribution in [0.25, 0.3) is 5.70 Å². The maximum atomic E-state index is 12.4. The fourth-order valence-corrected chi connectivity index (χ4v) is 2.18. The Kier molecular flexibility index (Phi) is 2.65. The molecule has 1 aromatic carbocycles. The van der Waals surface area contributed by atoms with Crippen LogP contribution in [0.3, 0.4) is 0 Å². The van der Waals surface area contributed by atoms with Gasteiger partial charge in [-0.25, -0.2) is 0 Å². The summed E-state index contributed by atoms with van der Waals surface area (Å²) in [7, 11) is 0. The number of carbonyl (C=O) groups is 2. The fourth-order valence-electron chi connectivity index (χ4n) is 2.18. The van der Waals surface area contributed by atoms with Gasteiger partial charge in [-0.1, -0.05) is 24.3 Å². The first-order valence-corrected chi connectivity index (χ1v) is 5.88. The van der Waals surface area contributed by atoms with Crippen molar-refractivity contribution in [3.63, 3.8) is 0 Å². The fraction of sp³-hybridized carbons (Fsp3) is 0.0667. The topological polar surface area (TPSA) is 59.3 Å². The smallest absolute Gasteiger partial charge is 0.210 e. The van der Waals surface area contributed by atoms with E-state index in [1.54, 1.807) is 47.3 Å². The van der Waals surface area contributed by atoms with E-state index in [0.29, 0.717) is 22.4 Å². The highest BCUT2D eigenvalue weighted by Gasteiger charge is 2.25. The number of fused-ring (bicyclic) bond motifs is 1. The van der Waals surface area contributed by atoms with Gasteiger partial charge in [0.1, 0.15) is 0 Å². The van der Waals surface area contributed by atoms with Crippen molar-refractivity contribution in [1.29, 1.82) is 0 Å². The van der Waals surface area contributed by atoms with E-state index < -0.39 is 0 Å². The van der Waals surface area contributed by atoms with E-state index in [9.17, 15) is 9.59 Å². The highest BCUT2D eigenvalue weighted by molar-refractivity contribution is 6.35. The molecule has 3 rings (SSSR count). The molecule has 0 spiro atoms. The van der Waals surface area contributed by atoms with Crippen LogP contribution >= 0.6 is 0 Å². The standard InChI is InChI=1S/C15H11NO3/c17-9-10-5-6-16(8-10)13-7-14(18)11-3-1-2-4-12(11)15(13)19/h1-8,17H,9H2. The van der Waals surface area contributed by atoms with Crippen LogP contribution < -0.4 is 0 Å². The minimum Gasteiger partial charge on any atom is -0.392 e. The average molecular weight is 253 g/mol. The van der Waals surface area contributed by atoms with Crippen LogP contribution in [-0.4, -0.2) is 21.2 Å². The second kappa shape index (κ2) is 4.33. The van der Waals surface area contributed by atoms with E-state index in [1.165, 1.54) is 6.08 Å². The molecule has 0 amide bonds. The Hall–Kier alpha value is -2.46. The zero-order chi connectivity index (χ0) is 13.4. The summed E-state index contributed by atoms with van der Waals surface area (Å²) in [4.78, 5) is 24.4. The van der Waals surface area contributed by atoms with Gasteiger partial charge in [0.25, 0.3) is 0 Å². The lowest BCUT2D eigenvalue weighted by Crippen LogP contribution is -2.18. The molecule has 0 saturated heterocycles. The summed E-state index contributed by atoms with van der Waals surface area (Å²) in [6.45, 7) is -0.0982. The van der Waals surface area contributed by atoms with Crippen LogP contribution in [0.4, 0.5) is 0 Å². The summed E-state index contributed by atoms with van der Waals surface area (Å²) in [5.41, 5.74) is 1.86. The molecule has 0 bridgehead atoms. The number of carbonyl (C=O) groups excluding carboxylic acids is 2. The molecule has 0 aliphatic heterocycles. The van der Waals surface area contributed by atoms with Gasteiger partial charge in [-0.2, -0.15) is 0 Å². The predicted molar refractivity (Wildman–Crippen MR) is 69.7 cm³/mol. The SMILES string of the molecule is O=C1C=C(n2ccc(CO)c2)C(=O)c2ccccc21. The van der Waals surface area contributed by atoms with Gasteiger partial charge >= 0.3 is 0 Å². The lowest BCUT2D eigenvalue weighted by molar-refractivity contribution is 0.0997. The highest BCUT2D eigenvalue weighted by Crippen LogP contribution is 2.24. The first kappa shape index (κ1) is 11.6. The monoisotopic (exact) mass is 253 g/mol. The lowest BCUT2D eigenvalue weighted by Gasteiger charge is -2.15. The van der Waals surface area contributed by atoms with E-state index in [1.807, 2.05) is 0 Å². The zero-order valence-corrected chi connectivity index (χ0v) is 10.0. The zero-order valence-electron chi connectivity index (χ0n) is 10.0.